The van der Waals surface area contributed by atoms with Gasteiger partial charge in [0.1, 0.15) is 6.10 Å². The highest BCUT2D eigenvalue weighted by Gasteiger charge is 2.19. The van der Waals surface area contributed by atoms with E-state index in [0.29, 0.717) is 6.42 Å². The largest absolute Gasteiger partial charge is 0.445 e. The predicted octanol–water partition coefficient (Wildman–Crippen LogP) is 5.82. The van der Waals surface area contributed by atoms with Gasteiger partial charge in [0.25, 0.3) is 0 Å². The number of rotatable bonds is 3. The molecule has 106 valence electrons. The molecule has 1 atom stereocenters. The van der Waals surface area contributed by atoms with Crippen molar-refractivity contribution < 1.29 is 9.53 Å². The summed E-state index contributed by atoms with van der Waals surface area (Å²) in [5, 5.41) is 4.47. The van der Waals surface area contributed by atoms with Gasteiger partial charge in [-0.3, -0.25) is 0 Å². The zero-order valence-corrected chi connectivity index (χ0v) is 12.4. The standard InChI is InChI=1S/C18H15ClO2/c1-2-16(21-18(19)20)17-14-9-5-3-7-12(14)11-13-8-4-6-10-15(13)17/h3-11,16H,2H2,1H3. The molecule has 0 aromatic heterocycles. The SMILES string of the molecule is CCC(OC(=O)Cl)c1c2ccccc2cc2ccccc12. The lowest BCUT2D eigenvalue weighted by Crippen LogP contribution is -2.06. The molecule has 3 aromatic rings. The molecule has 3 heteroatoms. The van der Waals surface area contributed by atoms with Gasteiger partial charge in [0.2, 0.25) is 0 Å². The van der Waals surface area contributed by atoms with Crippen molar-refractivity contribution in [1.29, 1.82) is 0 Å². The van der Waals surface area contributed by atoms with Crippen LogP contribution in [0.1, 0.15) is 25.0 Å². The Morgan fingerprint density at radius 3 is 2.05 bits per heavy atom. The number of halogens is 1. The summed E-state index contributed by atoms with van der Waals surface area (Å²) in [6.45, 7) is 1.99. The van der Waals surface area contributed by atoms with E-state index in [1.807, 2.05) is 31.2 Å². The van der Waals surface area contributed by atoms with Gasteiger partial charge in [0, 0.05) is 17.2 Å². The van der Waals surface area contributed by atoms with Crippen molar-refractivity contribution in [1.82, 2.24) is 0 Å². The van der Waals surface area contributed by atoms with E-state index < -0.39 is 5.43 Å². The van der Waals surface area contributed by atoms with Gasteiger partial charge in [-0.15, -0.1) is 0 Å². The number of ether oxygens (including phenoxy) is 1. The highest BCUT2D eigenvalue weighted by atomic mass is 35.5. The van der Waals surface area contributed by atoms with Crippen LogP contribution in [0.2, 0.25) is 0 Å². The number of fused-ring (bicyclic) bond motifs is 2. The second-order valence-electron chi connectivity index (χ2n) is 4.98. The maximum Gasteiger partial charge on any atom is 0.404 e. The zero-order chi connectivity index (χ0) is 14.8. The predicted molar refractivity (Wildman–Crippen MR) is 86.8 cm³/mol. The molecular formula is C18H15ClO2. The van der Waals surface area contributed by atoms with Gasteiger partial charge < -0.3 is 4.74 Å². The Balaban J connectivity index is 2.36. The van der Waals surface area contributed by atoms with Crippen LogP contribution in [0.4, 0.5) is 4.79 Å². The minimum atomic E-state index is -0.765. The Kier molecular flexibility index (Phi) is 3.80. The summed E-state index contributed by atoms with van der Waals surface area (Å²) in [4.78, 5) is 11.2. The highest BCUT2D eigenvalue weighted by Crippen LogP contribution is 2.36. The van der Waals surface area contributed by atoms with Gasteiger partial charge in [0.15, 0.2) is 0 Å². The van der Waals surface area contributed by atoms with Gasteiger partial charge in [-0.25, -0.2) is 4.79 Å². The first-order valence-corrected chi connectivity index (χ1v) is 7.35. The van der Waals surface area contributed by atoms with Crippen LogP contribution >= 0.6 is 11.6 Å². The summed E-state index contributed by atoms with van der Waals surface area (Å²) in [5.41, 5.74) is 0.263. The molecule has 0 spiro atoms. The molecule has 0 aliphatic rings. The molecule has 0 heterocycles. The maximum atomic E-state index is 11.2. The third-order valence-corrected chi connectivity index (χ3v) is 3.83. The van der Waals surface area contributed by atoms with Crippen LogP contribution in [0.3, 0.4) is 0 Å². The lowest BCUT2D eigenvalue weighted by Gasteiger charge is -2.19. The average molecular weight is 299 g/mol. The normalized spacial score (nSPS) is 12.5. The first-order valence-electron chi connectivity index (χ1n) is 6.97. The van der Waals surface area contributed by atoms with Crippen LogP contribution in [-0.2, 0) is 4.74 Å². The molecule has 0 aliphatic carbocycles. The van der Waals surface area contributed by atoms with E-state index in [4.69, 9.17) is 16.3 Å². The monoisotopic (exact) mass is 298 g/mol. The van der Waals surface area contributed by atoms with Crippen molar-refractivity contribution in [2.45, 2.75) is 19.4 Å². The van der Waals surface area contributed by atoms with Crippen LogP contribution in [0.15, 0.2) is 54.6 Å². The second-order valence-corrected chi connectivity index (χ2v) is 5.29. The van der Waals surface area contributed by atoms with Crippen LogP contribution < -0.4 is 0 Å². The van der Waals surface area contributed by atoms with E-state index in [-0.39, 0.29) is 6.10 Å². The molecule has 0 aliphatic heterocycles. The number of benzene rings is 3. The number of hydrogen-bond donors (Lipinski definition) is 0. The minimum Gasteiger partial charge on any atom is -0.445 e. The van der Waals surface area contributed by atoms with Gasteiger partial charge in [0.05, 0.1) is 0 Å². The molecule has 1 unspecified atom stereocenters. The van der Waals surface area contributed by atoms with Crippen LogP contribution in [0, 0.1) is 0 Å². The molecule has 0 bridgehead atoms. The van der Waals surface area contributed by atoms with Crippen molar-refractivity contribution in [2.75, 3.05) is 0 Å². The molecule has 0 radical (unpaired) electrons. The summed E-state index contributed by atoms with van der Waals surface area (Å²) >= 11 is 5.44. The molecule has 3 rings (SSSR count). The van der Waals surface area contributed by atoms with Gasteiger partial charge in [-0.1, -0.05) is 55.5 Å². The first kappa shape index (κ1) is 13.9. The topological polar surface area (TPSA) is 26.3 Å². The van der Waals surface area contributed by atoms with Crippen molar-refractivity contribution >= 4 is 38.6 Å². The fourth-order valence-electron chi connectivity index (χ4n) is 2.85. The molecule has 21 heavy (non-hydrogen) atoms. The third kappa shape index (κ3) is 2.59. The lowest BCUT2D eigenvalue weighted by molar-refractivity contribution is 0.121. The zero-order valence-electron chi connectivity index (χ0n) is 11.7. The average Bonchev–Trinajstić information content (AvgIpc) is 2.50. The Morgan fingerprint density at radius 1 is 1.05 bits per heavy atom. The van der Waals surface area contributed by atoms with Crippen molar-refractivity contribution in [3.05, 3.63) is 60.2 Å². The van der Waals surface area contributed by atoms with Crippen LogP contribution in [-0.4, -0.2) is 5.43 Å². The van der Waals surface area contributed by atoms with Gasteiger partial charge in [-0.2, -0.15) is 0 Å². The molecule has 0 fully saturated rings. The van der Waals surface area contributed by atoms with Crippen molar-refractivity contribution in [3.63, 3.8) is 0 Å². The number of carbonyl (C=O) groups is 1. The smallest absolute Gasteiger partial charge is 0.404 e. The molecule has 2 nitrogen and oxygen atoms in total. The summed E-state index contributed by atoms with van der Waals surface area (Å²) in [6.07, 6.45) is 0.335. The number of carbonyl (C=O) groups excluding carboxylic acids is 1. The van der Waals surface area contributed by atoms with E-state index in [1.165, 1.54) is 0 Å². The molecule has 0 amide bonds. The third-order valence-electron chi connectivity index (χ3n) is 3.74. The summed E-state index contributed by atoms with van der Waals surface area (Å²) in [5.74, 6) is 0. The minimum absolute atomic E-state index is 0.342. The second kappa shape index (κ2) is 5.74. The molecule has 0 N–H and O–H groups in total. The van der Waals surface area contributed by atoms with Crippen LogP contribution in [0.25, 0.3) is 21.5 Å². The van der Waals surface area contributed by atoms with Crippen molar-refractivity contribution in [3.8, 4) is 0 Å². The summed E-state index contributed by atoms with van der Waals surface area (Å²) in [7, 11) is 0. The van der Waals surface area contributed by atoms with E-state index >= 15 is 0 Å². The van der Waals surface area contributed by atoms with Crippen molar-refractivity contribution in [2.24, 2.45) is 0 Å². The van der Waals surface area contributed by atoms with Gasteiger partial charge >= 0.3 is 5.43 Å². The Labute approximate surface area is 128 Å². The molecule has 0 saturated carbocycles. The summed E-state index contributed by atoms with van der Waals surface area (Å²) < 4.78 is 5.33. The highest BCUT2D eigenvalue weighted by molar-refractivity contribution is 6.61. The van der Waals surface area contributed by atoms with E-state index in [2.05, 4.69) is 30.3 Å². The Hall–Kier alpha value is -2.06. The Bertz CT molecular complexity index is 757. The van der Waals surface area contributed by atoms with E-state index in [0.717, 1.165) is 27.1 Å². The lowest BCUT2D eigenvalue weighted by atomic mass is 9.92. The molecular weight excluding hydrogens is 284 g/mol. The Morgan fingerprint density at radius 2 is 1.57 bits per heavy atom. The first-order chi connectivity index (χ1) is 10.2. The van der Waals surface area contributed by atoms with Crippen LogP contribution in [0.5, 0.6) is 0 Å². The van der Waals surface area contributed by atoms with Gasteiger partial charge in [-0.05, 0) is 34.0 Å². The fraction of sp³-hybridized carbons (Fsp3) is 0.167. The van der Waals surface area contributed by atoms with E-state index in [1.54, 1.807) is 0 Å². The quantitative estimate of drug-likeness (QED) is 0.450. The fourth-order valence-corrected chi connectivity index (χ4v) is 2.96. The maximum absolute atomic E-state index is 11.2. The molecule has 0 saturated heterocycles. The number of hydrogen-bond acceptors (Lipinski definition) is 2. The van der Waals surface area contributed by atoms with E-state index in [9.17, 15) is 4.79 Å². The summed E-state index contributed by atoms with van der Waals surface area (Å²) in [6, 6.07) is 18.4. The molecule has 3 aromatic carbocycles.